The van der Waals surface area contributed by atoms with Crippen molar-refractivity contribution in [3.8, 4) is 16.4 Å². The highest BCUT2D eigenvalue weighted by Crippen LogP contribution is 2.21. The van der Waals surface area contributed by atoms with E-state index in [1.165, 1.54) is 34.2 Å². The Morgan fingerprint density at radius 1 is 1.23 bits per heavy atom. The highest BCUT2D eigenvalue weighted by molar-refractivity contribution is 7.12. The Morgan fingerprint density at radius 3 is 2.88 bits per heavy atom. The van der Waals surface area contributed by atoms with Gasteiger partial charge in [-0.3, -0.25) is 10.1 Å². The second-order valence-electron chi connectivity index (χ2n) is 5.10. The molecule has 0 aliphatic rings. The van der Waals surface area contributed by atoms with E-state index in [1.54, 1.807) is 18.2 Å². The van der Waals surface area contributed by atoms with Crippen LogP contribution in [0, 0.1) is 10.1 Å². The van der Waals surface area contributed by atoms with Crippen molar-refractivity contribution in [2.24, 2.45) is 0 Å². The minimum Gasteiger partial charge on any atom is -0.337 e. The van der Waals surface area contributed by atoms with E-state index in [0.29, 0.717) is 10.6 Å². The van der Waals surface area contributed by atoms with Gasteiger partial charge in [-0.25, -0.2) is 4.79 Å². The molecule has 0 fully saturated rings. The SMILES string of the molecule is O=c1n(Cc2nc(-c3cccc([N+](=O)[O-])c3)no2)nnn1-c1cccs1. The summed E-state index contributed by atoms with van der Waals surface area (Å²) in [5.41, 5.74) is -0.0877. The molecule has 0 radical (unpaired) electrons. The van der Waals surface area contributed by atoms with Gasteiger partial charge in [-0.2, -0.15) is 14.3 Å². The summed E-state index contributed by atoms with van der Waals surface area (Å²) in [4.78, 5) is 26.8. The Bertz CT molecular complexity index is 1130. The maximum absolute atomic E-state index is 12.3. The van der Waals surface area contributed by atoms with Crippen LogP contribution in [0.2, 0.25) is 0 Å². The van der Waals surface area contributed by atoms with E-state index >= 15 is 0 Å². The van der Waals surface area contributed by atoms with Gasteiger partial charge < -0.3 is 4.52 Å². The van der Waals surface area contributed by atoms with E-state index in [2.05, 4.69) is 20.6 Å². The van der Waals surface area contributed by atoms with Crippen LogP contribution in [-0.4, -0.2) is 34.9 Å². The first kappa shape index (κ1) is 15.8. The first-order valence-electron chi connectivity index (χ1n) is 7.26. The molecule has 0 amide bonds. The molecule has 0 spiro atoms. The van der Waals surface area contributed by atoms with Crippen molar-refractivity contribution >= 4 is 17.0 Å². The molecule has 130 valence electrons. The molecule has 3 heterocycles. The van der Waals surface area contributed by atoms with Crippen LogP contribution in [0.3, 0.4) is 0 Å². The topological polar surface area (TPSA) is 135 Å². The van der Waals surface area contributed by atoms with Crippen LogP contribution in [0.15, 0.2) is 51.1 Å². The summed E-state index contributed by atoms with van der Waals surface area (Å²) in [6, 6.07) is 9.41. The molecule has 0 aliphatic carbocycles. The van der Waals surface area contributed by atoms with Gasteiger partial charge in [-0.1, -0.05) is 17.3 Å². The van der Waals surface area contributed by atoms with Crippen molar-refractivity contribution in [1.29, 1.82) is 0 Å². The van der Waals surface area contributed by atoms with E-state index in [-0.39, 0.29) is 23.9 Å². The van der Waals surface area contributed by atoms with Gasteiger partial charge in [0.05, 0.1) is 4.92 Å². The number of benzene rings is 1. The van der Waals surface area contributed by atoms with Crippen LogP contribution in [0.4, 0.5) is 5.69 Å². The molecule has 4 aromatic rings. The zero-order valence-electron chi connectivity index (χ0n) is 12.9. The van der Waals surface area contributed by atoms with Gasteiger partial charge in [0, 0.05) is 17.7 Å². The normalized spacial score (nSPS) is 10.9. The average Bonchev–Trinajstić information content (AvgIpc) is 3.38. The van der Waals surface area contributed by atoms with Gasteiger partial charge in [0.2, 0.25) is 11.7 Å². The maximum Gasteiger partial charge on any atom is 0.369 e. The summed E-state index contributed by atoms with van der Waals surface area (Å²) in [5, 5.41) is 24.7. The quantitative estimate of drug-likeness (QED) is 0.380. The van der Waals surface area contributed by atoms with E-state index < -0.39 is 10.6 Å². The van der Waals surface area contributed by atoms with Crippen molar-refractivity contribution in [1.82, 2.24) is 29.9 Å². The number of nitro groups is 1. The fraction of sp³-hybridized carbons (Fsp3) is 0.0714. The van der Waals surface area contributed by atoms with Gasteiger partial charge in [0.1, 0.15) is 11.5 Å². The number of nitro benzene ring substituents is 1. The predicted molar refractivity (Wildman–Crippen MR) is 89.0 cm³/mol. The van der Waals surface area contributed by atoms with Crippen LogP contribution in [0.1, 0.15) is 5.89 Å². The molecule has 12 heteroatoms. The Labute approximate surface area is 148 Å². The minimum atomic E-state index is -0.507. The molecule has 26 heavy (non-hydrogen) atoms. The summed E-state index contributed by atoms with van der Waals surface area (Å²) in [7, 11) is 0. The summed E-state index contributed by atoms with van der Waals surface area (Å²) in [5.74, 6) is 0.314. The molecular weight excluding hydrogens is 362 g/mol. The van der Waals surface area contributed by atoms with Crippen molar-refractivity contribution in [3.63, 3.8) is 0 Å². The van der Waals surface area contributed by atoms with Gasteiger partial charge in [0.25, 0.3) is 5.69 Å². The third-order valence-electron chi connectivity index (χ3n) is 3.42. The summed E-state index contributed by atoms with van der Waals surface area (Å²) in [6.45, 7) is -0.0634. The third-order valence-corrected chi connectivity index (χ3v) is 4.27. The second-order valence-corrected chi connectivity index (χ2v) is 6.03. The first-order valence-corrected chi connectivity index (χ1v) is 8.14. The summed E-state index contributed by atoms with van der Waals surface area (Å²) >= 11 is 1.36. The minimum absolute atomic E-state index is 0.0634. The van der Waals surface area contributed by atoms with Gasteiger partial charge in [-0.05, 0) is 27.9 Å². The number of non-ortho nitro benzene ring substituents is 1. The Morgan fingerprint density at radius 2 is 2.12 bits per heavy atom. The molecule has 0 atom stereocenters. The van der Waals surface area contributed by atoms with E-state index in [4.69, 9.17) is 4.52 Å². The molecule has 0 bridgehead atoms. The number of aromatic nitrogens is 6. The van der Waals surface area contributed by atoms with Crippen LogP contribution < -0.4 is 5.69 Å². The maximum atomic E-state index is 12.3. The number of nitrogens with zero attached hydrogens (tertiary/aromatic N) is 7. The number of hydrogen-bond acceptors (Lipinski definition) is 9. The molecule has 3 aromatic heterocycles. The number of hydrogen-bond donors (Lipinski definition) is 0. The Hall–Kier alpha value is -3.67. The average molecular weight is 371 g/mol. The third kappa shape index (κ3) is 2.88. The smallest absolute Gasteiger partial charge is 0.337 e. The number of rotatable bonds is 5. The fourth-order valence-electron chi connectivity index (χ4n) is 2.23. The van der Waals surface area contributed by atoms with Gasteiger partial charge in [-0.15, -0.1) is 11.3 Å². The van der Waals surface area contributed by atoms with Crippen LogP contribution in [-0.2, 0) is 6.54 Å². The fourth-order valence-corrected chi connectivity index (χ4v) is 2.89. The molecule has 0 N–H and O–H groups in total. The van der Waals surface area contributed by atoms with Gasteiger partial charge >= 0.3 is 5.69 Å². The first-order chi connectivity index (χ1) is 12.6. The zero-order chi connectivity index (χ0) is 18.1. The highest BCUT2D eigenvalue weighted by atomic mass is 32.1. The monoisotopic (exact) mass is 371 g/mol. The molecule has 0 saturated heterocycles. The number of tetrazole rings is 1. The molecule has 11 nitrogen and oxygen atoms in total. The van der Waals surface area contributed by atoms with Crippen molar-refractivity contribution in [3.05, 3.63) is 68.3 Å². The standard InChI is InChI=1S/C14H9N7O4S/c22-14-19(17-18-20(14)12-5-2-6-26-12)8-11-15-13(16-25-11)9-3-1-4-10(7-9)21(23)24/h1-7H,8H2. The summed E-state index contributed by atoms with van der Waals surface area (Å²) in [6.07, 6.45) is 0. The number of thiophene rings is 1. The molecule has 0 saturated carbocycles. The largest absolute Gasteiger partial charge is 0.369 e. The van der Waals surface area contributed by atoms with E-state index in [0.717, 1.165) is 4.68 Å². The molecule has 4 rings (SSSR count). The van der Waals surface area contributed by atoms with Crippen molar-refractivity contribution < 1.29 is 9.45 Å². The zero-order valence-corrected chi connectivity index (χ0v) is 13.7. The second kappa shape index (κ2) is 6.33. The van der Waals surface area contributed by atoms with E-state index in [9.17, 15) is 14.9 Å². The van der Waals surface area contributed by atoms with Gasteiger partial charge in [0.15, 0.2) is 0 Å². The van der Waals surface area contributed by atoms with E-state index in [1.807, 2.05) is 5.38 Å². The lowest BCUT2D eigenvalue weighted by molar-refractivity contribution is -0.384. The van der Waals surface area contributed by atoms with Crippen LogP contribution in [0.5, 0.6) is 0 Å². The lowest BCUT2D eigenvalue weighted by Crippen LogP contribution is -2.24. The van der Waals surface area contributed by atoms with Crippen LogP contribution >= 0.6 is 11.3 Å². The summed E-state index contributed by atoms with van der Waals surface area (Å²) < 4.78 is 7.37. The molecular formula is C14H9N7O4S. The molecule has 0 aliphatic heterocycles. The predicted octanol–water partition coefficient (Wildman–Crippen LogP) is 1.50. The Kier molecular flexibility index (Phi) is 3.85. The molecule has 1 aromatic carbocycles. The van der Waals surface area contributed by atoms with Crippen molar-refractivity contribution in [2.45, 2.75) is 6.54 Å². The lowest BCUT2D eigenvalue weighted by Gasteiger charge is -1.94. The lowest BCUT2D eigenvalue weighted by atomic mass is 10.2. The Balaban J connectivity index is 1.59. The van der Waals surface area contributed by atoms with Crippen molar-refractivity contribution in [2.75, 3.05) is 0 Å². The highest BCUT2D eigenvalue weighted by Gasteiger charge is 2.16. The molecule has 0 unspecified atom stereocenters. The van der Waals surface area contributed by atoms with Crippen LogP contribution in [0.25, 0.3) is 16.4 Å².